The number of amides is 3. The number of rotatable bonds is 6. The lowest BCUT2D eigenvalue weighted by molar-refractivity contribution is -0.133. The summed E-state index contributed by atoms with van der Waals surface area (Å²) in [5, 5.41) is 8.05. The molecular formula is C19H26N6O4S. The third kappa shape index (κ3) is 3.86. The molecule has 2 aliphatic heterocycles. The number of carbonyl (C=O) groups is 2. The summed E-state index contributed by atoms with van der Waals surface area (Å²) in [6.07, 6.45) is 1.65. The number of carbonyl (C=O) groups excluding carboxylic acids is 2. The first-order valence-corrected chi connectivity index (χ1v) is 11.7. The normalized spacial score (nSPS) is 19.3. The molecule has 162 valence electrons. The number of sulfonamides is 1. The van der Waals surface area contributed by atoms with Crippen LogP contribution < -0.4 is 10.5 Å². The van der Waals surface area contributed by atoms with Crippen LogP contribution in [0, 0.1) is 0 Å². The molecule has 2 aliphatic rings. The Bertz CT molecular complexity index is 1100. The maximum atomic E-state index is 12.8. The van der Waals surface area contributed by atoms with Crippen LogP contribution in [-0.4, -0.2) is 71.9 Å². The van der Waals surface area contributed by atoms with Crippen molar-refractivity contribution in [1.82, 2.24) is 24.7 Å². The van der Waals surface area contributed by atoms with Gasteiger partial charge in [0, 0.05) is 45.6 Å². The Labute approximate surface area is 175 Å². The smallest absolute Gasteiger partial charge is 0.317 e. The van der Waals surface area contributed by atoms with Crippen molar-refractivity contribution < 1.29 is 18.0 Å². The highest BCUT2D eigenvalue weighted by Crippen LogP contribution is 2.22. The second kappa shape index (κ2) is 7.88. The Morgan fingerprint density at radius 1 is 1.33 bits per heavy atom. The average molecular weight is 435 g/mol. The van der Waals surface area contributed by atoms with E-state index in [0.717, 1.165) is 24.3 Å². The zero-order valence-electron chi connectivity index (χ0n) is 16.9. The fourth-order valence-corrected chi connectivity index (χ4v) is 4.74. The summed E-state index contributed by atoms with van der Waals surface area (Å²) in [6.45, 7) is 4.97. The molecule has 1 aromatic carbocycles. The van der Waals surface area contributed by atoms with Gasteiger partial charge in [0.25, 0.3) is 0 Å². The van der Waals surface area contributed by atoms with Crippen LogP contribution in [0.3, 0.4) is 0 Å². The minimum atomic E-state index is -3.80. The fourth-order valence-electron chi connectivity index (χ4n) is 4.21. The molecule has 30 heavy (non-hydrogen) atoms. The molecule has 0 aliphatic carbocycles. The molecule has 0 saturated carbocycles. The van der Waals surface area contributed by atoms with E-state index in [4.69, 9.17) is 5.14 Å². The van der Waals surface area contributed by atoms with Crippen molar-refractivity contribution >= 4 is 33.0 Å². The molecule has 3 amide bonds. The van der Waals surface area contributed by atoms with Gasteiger partial charge in [-0.25, -0.2) is 23.3 Å². The molecule has 10 nitrogen and oxygen atoms in total. The van der Waals surface area contributed by atoms with Crippen LogP contribution in [0.2, 0.25) is 0 Å². The van der Waals surface area contributed by atoms with E-state index in [1.165, 1.54) is 12.1 Å². The summed E-state index contributed by atoms with van der Waals surface area (Å²) < 4.78 is 25.3. The number of primary sulfonamides is 1. The minimum Gasteiger partial charge on any atom is -0.339 e. The molecule has 1 aromatic heterocycles. The van der Waals surface area contributed by atoms with Crippen LogP contribution >= 0.6 is 0 Å². The topological polar surface area (TPSA) is 131 Å². The molecule has 1 unspecified atom stereocenters. The molecule has 3 heterocycles. The lowest BCUT2D eigenvalue weighted by atomic mass is 10.1. The van der Waals surface area contributed by atoms with E-state index in [-0.39, 0.29) is 22.9 Å². The second-order valence-corrected chi connectivity index (χ2v) is 9.31. The summed E-state index contributed by atoms with van der Waals surface area (Å²) in [6, 6.07) is 4.66. The number of aryl methyl sites for hydroxylation is 2. The van der Waals surface area contributed by atoms with Crippen molar-refractivity contribution in [2.45, 2.75) is 43.7 Å². The van der Waals surface area contributed by atoms with E-state index >= 15 is 0 Å². The second-order valence-electron chi connectivity index (χ2n) is 7.75. The molecular weight excluding hydrogens is 408 g/mol. The van der Waals surface area contributed by atoms with Gasteiger partial charge < -0.3 is 19.7 Å². The van der Waals surface area contributed by atoms with Crippen molar-refractivity contribution in [3.63, 3.8) is 0 Å². The average Bonchev–Trinajstić information content (AvgIpc) is 3.25. The number of hydrogen-bond donors (Lipinski definition) is 2. The van der Waals surface area contributed by atoms with Gasteiger partial charge in [-0.3, -0.25) is 4.79 Å². The zero-order chi connectivity index (χ0) is 21.5. The van der Waals surface area contributed by atoms with Crippen LogP contribution in [0.1, 0.15) is 25.6 Å². The van der Waals surface area contributed by atoms with E-state index in [2.05, 4.69) is 17.2 Å². The standard InChI is InChI=1S/C19H26N6O4S/c1-2-7-25-16-4-3-14(30(20,28)29)10-15(16)22-17(25)5-6-18(26)23-8-9-24-13(12-23)11-21-19(24)27/h3-4,10,13H,2,5-9,11-12H2,1H3,(H,21,27)(H2,20,28,29). The largest absolute Gasteiger partial charge is 0.339 e. The first-order valence-electron chi connectivity index (χ1n) is 10.1. The highest BCUT2D eigenvalue weighted by molar-refractivity contribution is 7.89. The van der Waals surface area contributed by atoms with E-state index in [9.17, 15) is 18.0 Å². The van der Waals surface area contributed by atoms with Gasteiger partial charge in [-0.2, -0.15) is 0 Å². The van der Waals surface area contributed by atoms with Gasteiger partial charge in [-0.15, -0.1) is 0 Å². The van der Waals surface area contributed by atoms with Crippen LogP contribution in [0.15, 0.2) is 23.1 Å². The van der Waals surface area contributed by atoms with Crippen molar-refractivity contribution in [2.75, 3.05) is 26.2 Å². The van der Waals surface area contributed by atoms with Crippen molar-refractivity contribution in [3.05, 3.63) is 24.0 Å². The molecule has 2 aromatic rings. The monoisotopic (exact) mass is 434 g/mol. The molecule has 4 rings (SSSR count). The Morgan fingerprint density at radius 3 is 2.87 bits per heavy atom. The predicted octanol–water partition coefficient (Wildman–Crippen LogP) is 0.262. The number of hydrogen-bond acceptors (Lipinski definition) is 5. The van der Waals surface area contributed by atoms with Crippen molar-refractivity contribution in [3.8, 4) is 0 Å². The number of piperazine rings is 1. The number of urea groups is 1. The molecule has 0 bridgehead atoms. The number of nitrogens with zero attached hydrogens (tertiary/aromatic N) is 4. The van der Waals surface area contributed by atoms with Gasteiger partial charge >= 0.3 is 6.03 Å². The number of nitrogens with two attached hydrogens (primary N) is 1. The minimum absolute atomic E-state index is 0.0244. The van der Waals surface area contributed by atoms with Gasteiger partial charge in [-0.05, 0) is 24.6 Å². The third-order valence-electron chi connectivity index (χ3n) is 5.72. The number of aromatic nitrogens is 2. The summed E-state index contributed by atoms with van der Waals surface area (Å²) >= 11 is 0. The van der Waals surface area contributed by atoms with Gasteiger partial charge in [0.05, 0.1) is 22.0 Å². The third-order valence-corrected chi connectivity index (χ3v) is 6.63. The lowest BCUT2D eigenvalue weighted by Gasteiger charge is -2.36. The first-order chi connectivity index (χ1) is 14.3. The predicted molar refractivity (Wildman–Crippen MR) is 110 cm³/mol. The highest BCUT2D eigenvalue weighted by atomic mass is 32.2. The SMILES string of the molecule is CCCn1c(CCC(=O)N2CCN3C(=O)NCC3C2)nc2cc(S(N)(=O)=O)ccc21. The Kier molecular flexibility index (Phi) is 5.41. The molecule has 2 fully saturated rings. The Hall–Kier alpha value is -2.66. The zero-order valence-corrected chi connectivity index (χ0v) is 17.7. The molecule has 11 heteroatoms. The summed E-state index contributed by atoms with van der Waals surface area (Å²) in [4.78, 5) is 32.7. The van der Waals surface area contributed by atoms with Crippen molar-refractivity contribution in [2.24, 2.45) is 5.14 Å². The van der Waals surface area contributed by atoms with Gasteiger partial charge in [0.1, 0.15) is 5.82 Å². The van der Waals surface area contributed by atoms with Crippen LogP contribution in [0.25, 0.3) is 11.0 Å². The van der Waals surface area contributed by atoms with Crippen LogP contribution in [0.5, 0.6) is 0 Å². The van der Waals surface area contributed by atoms with Gasteiger partial charge in [0.15, 0.2) is 0 Å². The van der Waals surface area contributed by atoms with Gasteiger partial charge in [-0.1, -0.05) is 6.92 Å². The van der Waals surface area contributed by atoms with E-state index in [1.54, 1.807) is 11.0 Å². The molecule has 3 N–H and O–H groups in total. The number of fused-ring (bicyclic) bond motifs is 2. The molecule has 0 spiro atoms. The van der Waals surface area contributed by atoms with Gasteiger partial charge in [0.2, 0.25) is 15.9 Å². The number of benzene rings is 1. The molecule has 1 atom stereocenters. The van der Waals surface area contributed by atoms with E-state index < -0.39 is 10.0 Å². The highest BCUT2D eigenvalue weighted by Gasteiger charge is 2.36. The lowest BCUT2D eigenvalue weighted by Crippen LogP contribution is -2.53. The molecule has 2 saturated heterocycles. The quantitative estimate of drug-likeness (QED) is 0.674. The first kappa shape index (κ1) is 20.6. The number of nitrogens with one attached hydrogen (secondary N) is 1. The summed E-state index contributed by atoms with van der Waals surface area (Å²) in [5.41, 5.74) is 1.39. The summed E-state index contributed by atoms with van der Waals surface area (Å²) in [7, 11) is -3.80. The Balaban J connectivity index is 1.49. The maximum absolute atomic E-state index is 12.8. The maximum Gasteiger partial charge on any atom is 0.317 e. The van der Waals surface area contributed by atoms with Crippen molar-refractivity contribution in [1.29, 1.82) is 0 Å². The van der Waals surface area contributed by atoms with Crippen LogP contribution in [-0.2, 0) is 27.8 Å². The van der Waals surface area contributed by atoms with E-state index in [1.807, 2.05) is 9.47 Å². The molecule has 0 radical (unpaired) electrons. The summed E-state index contributed by atoms with van der Waals surface area (Å²) in [5.74, 6) is 0.789. The fraction of sp³-hybridized carbons (Fsp3) is 0.526. The van der Waals surface area contributed by atoms with Crippen LogP contribution in [0.4, 0.5) is 4.79 Å². The van der Waals surface area contributed by atoms with E-state index in [0.29, 0.717) is 44.5 Å². The Morgan fingerprint density at radius 2 is 2.13 bits per heavy atom. The number of imidazole rings is 1.